The Bertz CT molecular complexity index is 1040. The van der Waals surface area contributed by atoms with Crippen molar-refractivity contribution >= 4 is 34.9 Å². The zero-order valence-corrected chi connectivity index (χ0v) is 15.0. The van der Waals surface area contributed by atoms with Crippen LogP contribution in [0.3, 0.4) is 0 Å². The molecule has 0 aliphatic heterocycles. The van der Waals surface area contributed by atoms with Gasteiger partial charge in [0, 0.05) is 36.3 Å². The largest absolute Gasteiger partial charge is 0.507 e. The fourth-order valence-corrected chi connectivity index (χ4v) is 2.82. The number of hydrogen-bond donors (Lipinski definition) is 2. The van der Waals surface area contributed by atoms with Gasteiger partial charge in [0.1, 0.15) is 5.75 Å². The number of phenols is 1. The molecule has 0 saturated carbocycles. The van der Waals surface area contributed by atoms with Crippen molar-refractivity contribution in [1.29, 1.82) is 0 Å². The Balaban J connectivity index is 1.84. The summed E-state index contributed by atoms with van der Waals surface area (Å²) in [7, 11) is 3.97. The van der Waals surface area contributed by atoms with Crippen molar-refractivity contribution in [1.82, 2.24) is 5.43 Å². The maximum atomic E-state index is 12.2. The molecule has 6 heteroatoms. The van der Waals surface area contributed by atoms with E-state index in [9.17, 15) is 14.7 Å². The number of nitrogens with one attached hydrogen (secondary N) is 1. The number of aromatic hydroxyl groups is 1. The van der Waals surface area contributed by atoms with Gasteiger partial charge in [-0.05, 0) is 29.7 Å². The smallest absolute Gasteiger partial charge is 0.271 e. The molecule has 0 heterocycles. The lowest BCUT2D eigenvalue weighted by Gasteiger charge is -2.16. The first-order valence-corrected chi connectivity index (χ1v) is 8.32. The van der Waals surface area contributed by atoms with E-state index < -0.39 is 5.91 Å². The first kappa shape index (κ1) is 18.1. The van der Waals surface area contributed by atoms with Crippen molar-refractivity contribution in [3.8, 4) is 5.75 Å². The average molecular weight is 361 g/mol. The number of aldehydes is 1. The lowest BCUT2D eigenvalue weighted by molar-refractivity contribution is 0.0955. The molecule has 0 aromatic heterocycles. The minimum Gasteiger partial charge on any atom is -0.507 e. The molecule has 0 spiro atoms. The lowest BCUT2D eigenvalue weighted by Crippen LogP contribution is -2.17. The monoisotopic (exact) mass is 361 g/mol. The molecule has 6 nitrogen and oxygen atoms in total. The number of nitrogens with zero attached hydrogens (tertiary/aromatic N) is 2. The molecular formula is C21H19N3O3. The third kappa shape index (κ3) is 3.79. The number of hydrazone groups is 1. The first-order chi connectivity index (χ1) is 13.0. The standard InChI is InChI=1S/C21H19N3O3/c1-24(2)19-9-7-15(17-5-3-4-6-18(17)19)12-22-23-21(27)14-8-10-20(26)16(11-14)13-25/h3-13,26H,1-2H3,(H,23,27)/b22-12+. The molecule has 136 valence electrons. The second-order valence-corrected chi connectivity index (χ2v) is 6.20. The molecule has 3 aromatic carbocycles. The van der Waals surface area contributed by atoms with Gasteiger partial charge in [-0.1, -0.05) is 30.3 Å². The molecule has 0 unspecified atom stereocenters. The van der Waals surface area contributed by atoms with Crippen molar-refractivity contribution in [3.63, 3.8) is 0 Å². The SMILES string of the molecule is CN(C)c1ccc(/C=N/NC(=O)c2ccc(O)c(C=O)c2)c2ccccc12. The summed E-state index contributed by atoms with van der Waals surface area (Å²) < 4.78 is 0. The molecule has 1 amide bonds. The fraction of sp³-hybridized carbons (Fsp3) is 0.0952. The Morgan fingerprint density at radius 3 is 2.48 bits per heavy atom. The number of carbonyl (C=O) groups excluding carboxylic acids is 2. The number of benzene rings is 3. The van der Waals surface area contributed by atoms with Crippen LogP contribution >= 0.6 is 0 Å². The quantitative estimate of drug-likeness (QED) is 0.415. The third-order valence-corrected chi connectivity index (χ3v) is 4.20. The van der Waals surface area contributed by atoms with Gasteiger partial charge >= 0.3 is 0 Å². The van der Waals surface area contributed by atoms with Crippen LogP contribution in [-0.4, -0.2) is 37.6 Å². The highest BCUT2D eigenvalue weighted by atomic mass is 16.3. The zero-order chi connectivity index (χ0) is 19.4. The van der Waals surface area contributed by atoms with Crippen molar-refractivity contribution in [3.05, 3.63) is 71.3 Å². The van der Waals surface area contributed by atoms with Gasteiger partial charge in [0.15, 0.2) is 6.29 Å². The molecule has 2 N–H and O–H groups in total. The van der Waals surface area contributed by atoms with Crippen LogP contribution in [-0.2, 0) is 0 Å². The average Bonchev–Trinajstić information content (AvgIpc) is 2.68. The Morgan fingerprint density at radius 1 is 1.04 bits per heavy atom. The van der Waals surface area contributed by atoms with E-state index >= 15 is 0 Å². The van der Waals surface area contributed by atoms with Crippen LogP contribution in [0.5, 0.6) is 5.75 Å². The molecular weight excluding hydrogens is 342 g/mol. The number of rotatable bonds is 5. The van der Waals surface area contributed by atoms with E-state index in [1.165, 1.54) is 18.2 Å². The Labute approximate surface area is 156 Å². The minimum absolute atomic E-state index is 0.0527. The topological polar surface area (TPSA) is 82.0 Å². The highest BCUT2D eigenvalue weighted by molar-refractivity contribution is 6.05. The van der Waals surface area contributed by atoms with Crippen molar-refractivity contribution < 1.29 is 14.7 Å². The molecule has 0 aliphatic carbocycles. The van der Waals surface area contributed by atoms with E-state index in [0.29, 0.717) is 6.29 Å². The summed E-state index contributed by atoms with van der Waals surface area (Å²) in [6.45, 7) is 0. The van der Waals surface area contributed by atoms with E-state index in [-0.39, 0.29) is 16.9 Å². The van der Waals surface area contributed by atoms with Gasteiger partial charge in [0.2, 0.25) is 0 Å². The third-order valence-electron chi connectivity index (χ3n) is 4.20. The van der Waals surface area contributed by atoms with E-state index in [0.717, 1.165) is 22.0 Å². The molecule has 3 rings (SSSR count). The van der Waals surface area contributed by atoms with Gasteiger partial charge in [0.25, 0.3) is 5.91 Å². The van der Waals surface area contributed by atoms with Gasteiger partial charge in [-0.25, -0.2) is 5.43 Å². The number of carbonyl (C=O) groups is 2. The Morgan fingerprint density at radius 2 is 1.78 bits per heavy atom. The Kier molecular flexibility index (Phi) is 5.17. The molecule has 3 aromatic rings. The molecule has 0 saturated heterocycles. The second kappa shape index (κ2) is 7.70. The van der Waals surface area contributed by atoms with Crippen LogP contribution in [0.25, 0.3) is 10.8 Å². The number of fused-ring (bicyclic) bond motifs is 1. The Hall–Kier alpha value is -3.67. The summed E-state index contributed by atoms with van der Waals surface area (Å²) >= 11 is 0. The fourth-order valence-electron chi connectivity index (χ4n) is 2.82. The maximum absolute atomic E-state index is 12.2. The van der Waals surface area contributed by atoms with Crippen molar-refractivity contribution in [2.24, 2.45) is 5.10 Å². The summed E-state index contributed by atoms with van der Waals surface area (Å²) in [5.41, 5.74) is 4.70. The minimum atomic E-state index is -0.469. The summed E-state index contributed by atoms with van der Waals surface area (Å²) in [4.78, 5) is 25.1. The zero-order valence-electron chi connectivity index (χ0n) is 15.0. The van der Waals surface area contributed by atoms with Gasteiger partial charge in [-0.3, -0.25) is 9.59 Å². The van der Waals surface area contributed by atoms with Crippen LogP contribution in [0.4, 0.5) is 5.69 Å². The molecule has 0 atom stereocenters. The number of anilines is 1. The number of amides is 1. The highest BCUT2D eigenvalue weighted by Gasteiger charge is 2.09. The number of hydrogen-bond acceptors (Lipinski definition) is 5. The van der Waals surface area contributed by atoms with E-state index in [4.69, 9.17) is 0 Å². The summed E-state index contributed by atoms with van der Waals surface area (Å²) in [6, 6.07) is 16.0. The van der Waals surface area contributed by atoms with Crippen molar-refractivity contribution in [2.45, 2.75) is 0 Å². The summed E-state index contributed by atoms with van der Waals surface area (Å²) in [5, 5.41) is 15.7. The van der Waals surface area contributed by atoms with Crippen molar-refractivity contribution in [2.75, 3.05) is 19.0 Å². The van der Waals surface area contributed by atoms with E-state index in [1.807, 2.05) is 55.4 Å². The van der Waals surface area contributed by atoms with Gasteiger partial charge in [-0.2, -0.15) is 5.10 Å². The predicted molar refractivity (Wildman–Crippen MR) is 107 cm³/mol. The van der Waals surface area contributed by atoms with E-state index in [2.05, 4.69) is 10.5 Å². The van der Waals surface area contributed by atoms with Gasteiger partial charge < -0.3 is 10.0 Å². The van der Waals surface area contributed by atoms with Crippen LogP contribution in [0, 0.1) is 0 Å². The predicted octanol–water partition coefficient (Wildman–Crippen LogP) is 3.19. The lowest BCUT2D eigenvalue weighted by atomic mass is 10.0. The molecule has 0 bridgehead atoms. The molecule has 0 radical (unpaired) electrons. The first-order valence-electron chi connectivity index (χ1n) is 8.32. The van der Waals surface area contributed by atoms with Gasteiger partial charge in [-0.15, -0.1) is 0 Å². The summed E-state index contributed by atoms with van der Waals surface area (Å²) in [6.07, 6.45) is 2.08. The molecule has 27 heavy (non-hydrogen) atoms. The summed E-state index contributed by atoms with van der Waals surface area (Å²) in [5.74, 6) is -0.638. The number of phenolic OH excluding ortho intramolecular Hbond substituents is 1. The van der Waals surface area contributed by atoms with Crippen LogP contribution in [0.2, 0.25) is 0 Å². The van der Waals surface area contributed by atoms with E-state index in [1.54, 1.807) is 6.21 Å². The van der Waals surface area contributed by atoms with Gasteiger partial charge in [0.05, 0.1) is 11.8 Å². The highest BCUT2D eigenvalue weighted by Crippen LogP contribution is 2.27. The maximum Gasteiger partial charge on any atom is 0.271 e. The normalized spacial score (nSPS) is 10.9. The second-order valence-electron chi connectivity index (χ2n) is 6.20. The molecule has 0 fully saturated rings. The van der Waals surface area contributed by atoms with Crippen LogP contribution in [0.1, 0.15) is 26.3 Å². The van der Waals surface area contributed by atoms with Crippen LogP contribution < -0.4 is 10.3 Å². The molecule has 0 aliphatic rings. The van der Waals surface area contributed by atoms with Crippen LogP contribution in [0.15, 0.2) is 59.7 Å².